The van der Waals surface area contributed by atoms with E-state index in [1.54, 1.807) is 41.8 Å². The summed E-state index contributed by atoms with van der Waals surface area (Å²) in [6.45, 7) is 1.80. The van der Waals surface area contributed by atoms with E-state index >= 15 is 0 Å². The van der Waals surface area contributed by atoms with Crippen molar-refractivity contribution in [3.8, 4) is 5.75 Å². The number of fused-ring (bicyclic) bond motifs is 1. The van der Waals surface area contributed by atoms with Gasteiger partial charge < -0.3 is 5.11 Å². The summed E-state index contributed by atoms with van der Waals surface area (Å²) in [5.74, 6) is 0.754. The van der Waals surface area contributed by atoms with Gasteiger partial charge in [0.1, 0.15) is 12.1 Å². The zero-order valence-corrected chi connectivity index (χ0v) is 10.7. The van der Waals surface area contributed by atoms with Gasteiger partial charge in [0, 0.05) is 5.56 Å². The third-order valence-electron chi connectivity index (χ3n) is 2.79. The van der Waals surface area contributed by atoms with Crippen molar-refractivity contribution in [2.45, 2.75) is 6.92 Å². The third kappa shape index (κ3) is 2.28. The molecule has 100 valence electrons. The van der Waals surface area contributed by atoms with E-state index in [0.717, 1.165) is 0 Å². The molecule has 0 saturated heterocycles. The second-order valence-electron chi connectivity index (χ2n) is 4.18. The maximum absolute atomic E-state index is 9.75. The number of phenolic OH excluding ortho intramolecular Hbond substituents is 1. The van der Waals surface area contributed by atoms with E-state index in [1.807, 2.05) is 6.07 Å². The van der Waals surface area contributed by atoms with Gasteiger partial charge in [-0.1, -0.05) is 12.1 Å². The molecule has 7 nitrogen and oxygen atoms in total. The molecule has 3 rings (SSSR count). The van der Waals surface area contributed by atoms with Crippen LogP contribution in [0, 0.1) is 0 Å². The number of phenols is 1. The first kappa shape index (κ1) is 12.1. The predicted molar refractivity (Wildman–Crippen MR) is 74.7 cm³/mol. The highest BCUT2D eigenvalue weighted by Gasteiger charge is 2.03. The van der Waals surface area contributed by atoms with Crippen molar-refractivity contribution in [1.29, 1.82) is 0 Å². The SMILES string of the molecule is C/C(=N\Nc1ccc2nncn2n1)c1ccccc1O. The maximum Gasteiger partial charge on any atom is 0.177 e. The summed E-state index contributed by atoms with van der Waals surface area (Å²) < 4.78 is 1.55. The van der Waals surface area contributed by atoms with E-state index in [0.29, 0.717) is 22.7 Å². The van der Waals surface area contributed by atoms with Crippen LogP contribution in [0.3, 0.4) is 0 Å². The van der Waals surface area contributed by atoms with Crippen molar-refractivity contribution in [2.75, 3.05) is 5.43 Å². The van der Waals surface area contributed by atoms with Crippen molar-refractivity contribution in [3.05, 3.63) is 48.3 Å². The topological polar surface area (TPSA) is 87.7 Å². The zero-order valence-electron chi connectivity index (χ0n) is 10.7. The van der Waals surface area contributed by atoms with Crippen molar-refractivity contribution >= 4 is 17.2 Å². The molecule has 2 heterocycles. The van der Waals surface area contributed by atoms with Crippen LogP contribution in [-0.4, -0.2) is 30.6 Å². The average molecular weight is 268 g/mol. The highest BCUT2D eigenvalue weighted by Crippen LogP contribution is 2.16. The number of hydrogen-bond acceptors (Lipinski definition) is 6. The fraction of sp³-hybridized carbons (Fsp3) is 0.0769. The molecule has 3 aromatic rings. The van der Waals surface area contributed by atoms with Crippen LogP contribution in [0.2, 0.25) is 0 Å². The Morgan fingerprint density at radius 2 is 2.10 bits per heavy atom. The monoisotopic (exact) mass is 268 g/mol. The van der Waals surface area contributed by atoms with Gasteiger partial charge in [0.15, 0.2) is 11.5 Å². The quantitative estimate of drug-likeness (QED) is 0.557. The normalized spacial score (nSPS) is 11.8. The molecule has 0 radical (unpaired) electrons. The fourth-order valence-corrected chi connectivity index (χ4v) is 1.77. The van der Waals surface area contributed by atoms with Gasteiger partial charge >= 0.3 is 0 Å². The number of aromatic hydroxyl groups is 1. The lowest BCUT2D eigenvalue weighted by molar-refractivity contribution is 0.474. The number of nitrogens with one attached hydrogen (secondary N) is 1. The number of rotatable bonds is 3. The molecule has 0 saturated carbocycles. The number of para-hydroxylation sites is 1. The van der Waals surface area contributed by atoms with Gasteiger partial charge in [0.05, 0.1) is 5.71 Å². The number of nitrogens with zero attached hydrogens (tertiary/aromatic N) is 5. The minimum Gasteiger partial charge on any atom is -0.507 e. The highest BCUT2D eigenvalue weighted by molar-refractivity contribution is 6.01. The smallest absolute Gasteiger partial charge is 0.177 e. The molecule has 0 bridgehead atoms. The molecule has 0 fully saturated rings. The zero-order chi connectivity index (χ0) is 13.9. The average Bonchev–Trinajstić information content (AvgIpc) is 2.92. The number of hydrazone groups is 1. The Morgan fingerprint density at radius 1 is 1.25 bits per heavy atom. The Balaban J connectivity index is 1.84. The van der Waals surface area contributed by atoms with Gasteiger partial charge in [-0.3, -0.25) is 5.43 Å². The summed E-state index contributed by atoms with van der Waals surface area (Å²) in [7, 11) is 0. The molecule has 0 unspecified atom stereocenters. The van der Waals surface area contributed by atoms with E-state index in [2.05, 4.69) is 25.8 Å². The van der Waals surface area contributed by atoms with Gasteiger partial charge in [0.2, 0.25) is 0 Å². The molecule has 2 aromatic heterocycles. The van der Waals surface area contributed by atoms with E-state index in [1.165, 1.54) is 6.33 Å². The molecule has 0 aliphatic rings. The van der Waals surface area contributed by atoms with E-state index in [9.17, 15) is 5.11 Å². The lowest BCUT2D eigenvalue weighted by atomic mass is 10.1. The minimum absolute atomic E-state index is 0.192. The summed E-state index contributed by atoms with van der Waals surface area (Å²) in [6.07, 6.45) is 1.51. The van der Waals surface area contributed by atoms with E-state index in [4.69, 9.17) is 0 Å². The number of anilines is 1. The first-order valence-corrected chi connectivity index (χ1v) is 6.00. The molecule has 0 atom stereocenters. The molecule has 0 aliphatic heterocycles. The minimum atomic E-state index is 0.192. The molecule has 0 aliphatic carbocycles. The molecule has 2 N–H and O–H groups in total. The molecule has 7 heteroatoms. The Labute approximate surface area is 114 Å². The second-order valence-corrected chi connectivity index (χ2v) is 4.18. The summed E-state index contributed by atoms with van der Waals surface area (Å²) in [4.78, 5) is 0. The highest BCUT2D eigenvalue weighted by atomic mass is 16.3. The third-order valence-corrected chi connectivity index (χ3v) is 2.79. The Kier molecular flexibility index (Phi) is 3.00. The summed E-state index contributed by atoms with van der Waals surface area (Å²) >= 11 is 0. The second kappa shape index (κ2) is 4.96. The lowest BCUT2D eigenvalue weighted by Crippen LogP contribution is -2.02. The van der Waals surface area contributed by atoms with Crippen molar-refractivity contribution in [2.24, 2.45) is 5.10 Å². The predicted octanol–water partition coefficient (Wildman–Crippen LogP) is 1.67. The van der Waals surface area contributed by atoms with Crippen molar-refractivity contribution in [1.82, 2.24) is 19.8 Å². The Morgan fingerprint density at radius 3 is 2.95 bits per heavy atom. The van der Waals surface area contributed by atoms with Crippen molar-refractivity contribution < 1.29 is 5.11 Å². The first-order chi connectivity index (χ1) is 9.74. The van der Waals surface area contributed by atoms with Gasteiger partial charge in [-0.25, -0.2) is 0 Å². The number of hydrogen-bond donors (Lipinski definition) is 2. The maximum atomic E-state index is 9.75. The Hall–Kier alpha value is -2.96. The molecular formula is C13H12N6O. The first-order valence-electron chi connectivity index (χ1n) is 6.00. The van der Waals surface area contributed by atoms with Crippen LogP contribution in [0.4, 0.5) is 5.82 Å². The van der Waals surface area contributed by atoms with Gasteiger partial charge in [-0.15, -0.1) is 15.3 Å². The van der Waals surface area contributed by atoms with Crippen LogP contribution in [0.5, 0.6) is 5.75 Å². The van der Waals surface area contributed by atoms with Crippen molar-refractivity contribution in [3.63, 3.8) is 0 Å². The van der Waals surface area contributed by atoms with Gasteiger partial charge in [-0.2, -0.15) is 9.62 Å². The van der Waals surface area contributed by atoms with Crippen LogP contribution < -0.4 is 5.43 Å². The molecule has 0 amide bonds. The summed E-state index contributed by atoms with van der Waals surface area (Å²) in [6, 6.07) is 10.6. The number of benzene rings is 1. The summed E-state index contributed by atoms with van der Waals surface area (Å²) in [5.41, 5.74) is 4.84. The summed E-state index contributed by atoms with van der Waals surface area (Å²) in [5, 5.41) is 25.8. The molecule has 1 aromatic carbocycles. The fourth-order valence-electron chi connectivity index (χ4n) is 1.77. The number of aromatic nitrogens is 4. The van der Waals surface area contributed by atoms with Crippen LogP contribution >= 0.6 is 0 Å². The van der Waals surface area contributed by atoms with Gasteiger partial charge in [-0.05, 0) is 31.2 Å². The van der Waals surface area contributed by atoms with E-state index in [-0.39, 0.29) is 5.75 Å². The van der Waals surface area contributed by atoms with Crippen LogP contribution in [0.15, 0.2) is 47.8 Å². The van der Waals surface area contributed by atoms with Crippen LogP contribution in [-0.2, 0) is 0 Å². The van der Waals surface area contributed by atoms with Crippen LogP contribution in [0.25, 0.3) is 5.65 Å². The molecule has 20 heavy (non-hydrogen) atoms. The standard InChI is InChI=1S/C13H12N6O/c1-9(10-4-2-3-5-11(10)20)15-16-12-6-7-13-17-14-8-19(13)18-12/h2-8,20H,1H3,(H,16,18)/b15-9+. The van der Waals surface area contributed by atoms with E-state index < -0.39 is 0 Å². The lowest BCUT2D eigenvalue weighted by Gasteiger charge is -2.04. The molecular weight excluding hydrogens is 256 g/mol. The Bertz CT molecular complexity index is 779. The molecule has 0 spiro atoms. The van der Waals surface area contributed by atoms with Gasteiger partial charge in [0.25, 0.3) is 0 Å². The van der Waals surface area contributed by atoms with Crippen LogP contribution in [0.1, 0.15) is 12.5 Å². The largest absolute Gasteiger partial charge is 0.507 e.